The Morgan fingerprint density at radius 1 is 0.449 bits per heavy atom. The molecule has 0 aliphatic heterocycles. The number of nitrogens with one attached hydrogen (secondary N) is 1. The minimum Gasteiger partial charge on any atom is -0.456 e. The van der Waals surface area contributed by atoms with Gasteiger partial charge in [-0.05, 0) is 63.9 Å². The fraction of sp³-hybridized carbons (Fsp3) is 0.882. The van der Waals surface area contributed by atoms with Crippen molar-refractivity contribution in [1.29, 1.82) is 0 Å². The first-order valence-corrected chi connectivity index (χ1v) is 35.3. The Kier molecular flexibility index (Phi) is 57.1. The molecule has 10 heteroatoms. The normalized spacial score (nSPS) is 13.8. The largest absolute Gasteiger partial charge is 0.472 e. The monoisotopic (exact) mass is 1120 g/mol. The summed E-state index contributed by atoms with van der Waals surface area (Å²) in [5.41, 5.74) is 0. The van der Waals surface area contributed by atoms with Crippen LogP contribution in [0.2, 0.25) is 0 Å². The fourth-order valence-corrected chi connectivity index (χ4v) is 10.8. The zero-order valence-corrected chi connectivity index (χ0v) is 53.6. The number of hydrogen-bond acceptors (Lipinski definition) is 6. The molecule has 1 amide bonds. The molecule has 0 saturated carbocycles. The van der Waals surface area contributed by atoms with Crippen molar-refractivity contribution in [1.82, 2.24) is 5.32 Å². The fourth-order valence-electron chi connectivity index (χ4n) is 10.1. The molecule has 0 aromatic carbocycles. The van der Waals surface area contributed by atoms with Gasteiger partial charge in [0.1, 0.15) is 19.3 Å². The Hall–Kier alpha value is -1.77. The topological polar surface area (TPSA) is 111 Å². The molecule has 0 rings (SSSR count). The highest BCUT2D eigenvalue weighted by Crippen LogP contribution is 2.43. The molecule has 0 aliphatic carbocycles. The molecule has 0 aliphatic rings. The van der Waals surface area contributed by atoms with E-state index in [0.29, 0.717) is 23.9 Å². The molecular weight excluding hydrogens is 988 g/mol. The predicted octanol–water partition coefficient (Wildman–Crippen LogP) is 21.1. The molecule has 78 heavy (non-hydrogen) atoms. The Balaban J connectivity index is 5.13. The molecule has 2 N–H and O–H groups in total. The van der Waals surface area contributed by atoms with Crippen LogP contribution >= 0.6 is 7.82 Å². The number of rotatable bonds is 62. The van der Waals surface area contributed by atoms with Crippen molar-refractivity contribution in [2.24, 2.45) is 0 Å². The van der Waals surface area contributed by atoms with Gasteiger partial charge in [0.05, 0.1) is 33.8 Å². The van der Waals surface area contributed by atoms with Gasteiger partial charge in [0, 0.05) is 12.8 Å². The van der Waals surface area contributed by atoms with E-state index in [-0.39, 0.29) is 25.1 Å². The number of allylic oxidation sites excluding steroid dienone is 5. The summed E-state index contributed by atoms with van der Waals surface area (Å²) in [6.07, 6.45) is 71.4. The molecule has 0 aromatic heterocycles. The van der Waals surface area contributed by atoms with Gasteiger partial charge in [0.2, 0.25) is 5.91 Å². The maximum atomic E-state index is 13.6. The van der Waals surface area contributed by atoms with Gasteiger partial charge in [0.15, 0.2) is 0 Å². The number of phosphoric acid groups is 1. The number of ether oxygens (including phenoxy) is 1. The maximum absolute atomic E-state index is 13.6. The van der Waals surface area contributed by atoms with E-state index in [2.05, 4.69) is 50.4 Å². The highest BCUT2D eigenvalue weighted by Gasteiger charge is 2.30. The minimum absolute atomic E-state index is 0.0425. The van der Waals surface area contributed by atoms with Crippen LogP contribution < -0.4 is 5.32 Å². The highest BCUT2D eigenvalue weighted by molar-refractivity contribution is 7.47. The highest BCUT2D eigenvalue weighted by atomic mass is 31.2. The predicted molar refractivity (Wildman–Crippen MR) is 337 cm³/mol. The third kappa shape index (κ3) is 58.9. The van der Waals surface area contributed by atoms with E-state index in [1.807, 2.05) is 33.3 Å². The molecule has 0 saturated heterocycles. The number of hydrogen-bond donors (Lipinski definition) is 2. The SMILES string of the molecule is CCCCC/C=C\C/C=C\CCCCCCCCCCCCCC(=O)NC(COP(=O)(O)OCC[N+](C)(C)C)C(/C=C/CCCCCCCCCCCC)OC(=O)CCCCCCCCCCCCCCCCCCCCC. The molecule has 460 valence electrons. The smallest absolute Gasteiger partial charge is 0.456 e. The van der Waals surface area contributed by atoms with Crippen LogP contribution in [0.3, 0.4) is 0 Å². The Morgan fingerprint density at radius 2 is 0.782 bits per heavy atom. The summed E-state index contributed by atoms with van der Waals surface area (Å²) in [7, 11) is 1.51. The Bertz CT molecular complexity index is 1430. The molecule has 0 bridgehead atoms. The van der Waals surface area contributed by atoms with Crippen LogP contribution in [0.1, 0.15) is 335 Å². The Labute approximate surface area is 485 Å². The van der Waals surface area contributed by atoms with Crippen LogP contribution in [0.5, 0.6) is 0 Å². The molecule has 9 nitrogen and oxygen atoms in total. The summed E-state index contributed by atoms with van der Waals surface area (Å²) in [6.45, 7) is 7.04. The number of esters is 1. The van der Waals surface area contributed by atoms with Crippen molar-refractivity contribution in [3.63, 3.8) is 0 Å². The first-order chi connectivity index (χ1) is 37.9. The van der Waals surface area contributed by atoms with Gasteiger partial charge in [-0.3, -0.25) is 18.6 Å². The van der Waals surface area contributed by atoms with Crippen molar-refractivity contribution in [3.8, 4) is 0 Å². The van der Waals surface area contributed by atoms with Crippen molar-refractivity contribution >= 4 is 19.7 Å². The third-order valence-electron chi connectivity index (χ3n) is 15.3. The first kappa shape index (κ1) is 76.2. The average Bonchev–Trinajstić information content (AvgIpc) is 3.40. The lowest BCUT2D eigenvalue weighted by Gasteiger charge is -2.27. The van der Waals surface area contributed by atoms with E-state index < -0.39 is 20.0 Å². The van der Waals surface area contributed by atoms with Crippen LogP contribution in [0.4, 0.5) is 0 Å². The van der Waals surface area contributed by atoms with Gasteiger partial charge in [-0.1, -0.05) is 295 Å². The second kappa shape index (κ2) is 58.4. The van der Waals surface area contributed by atoms with E-state index in [0.717, 1.165) is 64.2 Å². The zero-order valence-electron chi connectivity index (χ0n) is 52.7. The van der Waals surface area contributed by atoms with Gasteiger partial charge in [-0.2, -0.15) is 0 Å². The second-order valence-electron chi connectivity index (χ2n) is 24.4. The standard InChI is InChI=1S/C68H131N2O7P/c1-7-10-13-16-19-22-25-28-30-32-34-35-37-38-40-42-45-48-51-54-57-60-67(71)69-65(64-76-78(73,74)75-63-62-70(4,5)6)66(59-56-53-50-47-44-27-24-21-18-15-12-9-3)77-68(72)61-58-55-52-49-46-43-41-39-36-33-31-29-26-23-20-17-14-11-8-2/h19,22,28,30,56,59,65-66H,7-18,20-21,23-27,29,31-55,57-58,60-64H2,1-6H3,(H-,69,71,73,74)/p+1/b22-19-,30-28-,59-56+. The summed E-state index contributed by atoms with van der Waals surface area (Å²) in [4.78, 5) is 37.8. The van der Waals surface area contributed by atoms with Crippen molar-refractivity contribution in [2.45, 2.75) is 348 Å². The number of quaternary nitrogens is 1. The molecule has 3 atom stereocenters. The quantitative estimate of drug-likeness (QED) is 0.0205. The van der Waals surface area contributed by atoms with Gasteiger partial charge < -0.3 is 19.4 Å². The molecular formula is C68H132N2O7P+. The van der Waals surface area contributed by atoms with Gasteiger partial charge in [0.25, 0.3) is 0 Å². The number of carbonyl (C=O) groups excluding carboxylic acids is 2. The first-order valence-electron chi connectivity index (χ1n) is 33.8. The lowest BCUT2D eigenvalue weighted by molar-refractivity contribution is -0.870. The van der Waals surface area contributed by atoms with Crippen molar-refractivity contribution in [3.05, 3.63) is 36.5 Å². The van der Waals surface area contributed by atoms with Crippen LogP contribution in [-0.2, 0) is 27.9 Å². The van der Waals surface area contributed by atoms with Gasteiger partial charge in [-0.25, -0.2) is 4.57 Å². The maximum Gasteiger partial charge on any atom is 0.472 e. The molecule has 0 aromatic rings. The number of carbonyl (C=O) groups is 2. The minimum atomic E-state index is -4.45. The lowest BCUT2D eigenvalue weighted by atomic mass is 10.0. The summed E-state index contributed by atoms with van der Waals surface area (Å²) in [5, 5.41) is 3.07. The van der Waals surface area contributed by atoms with Crippen LogP contribution in [-0.4, -0.2) is 74.3 Å². The second-order valence-corrected chi connectivity index (χ2v) is 25.8. The van der Waals surface area contributed by atoms with E-state index in [4.69, 9.17) is 13.8 Å². The summed E-state index contributed by atoms with van der Waals surface area (Å²) < 4.78 is 30.8. The number of amides is 1. The van der Waals surface area contributed by atoms with Gasteiger partial charge >= 0.3 is 13.8 Å². The molecule has 0 heterocycles. The number of nitrogens with zero attached hydrogens (tertiary/aromatic N) is 1. The number of phosphoric ester groups is 1. The molecule has 0 spiro atoms. The lowest BCUT2D eigenvalue weighted by Crippen LogP contribution is -2.47. The summed E-state index contributed by atoms with van der Waals surface area (Å²) >= 11 is 0. The van der Waals surface area contributed by atoms with Crippen molar-refractivity contribution in [2.75, 3.05) is 40.9 Å². The zero-order chi connectivity index (χ0) is 57.2. The van der Waals surface area contributed by atoms with Crippen LogP contribution in [0.15, 0.2) is 36.5 Å². The van der Waals surface area contributed by atoms with Crippen LogP contribution in [0.25, 0.3) is 0 Å². The molecule has 0 radical (unpaired) electrons. The molecule has 0 fully saturated rings. The van der Waals surface area contributed by atoms with Gasteiger partial charge in [-0.15, -0.1) is 0 Å². The van der Waals surface area contributed by atoms with Crippen LogP contribution in [0, 0.1) is 0 Å². The van der Waals surface area contributed by atoms with Crippen molar-refractivity contribution < 1.29 is 37.3 Å². The number of likely N-dealkylation sites (N-methyl/N-ethyl adjacent to an activating group) is 1. The molecule has 3 unspecified atom stereocenters. The average molecular weight is 1120 g/mol. The third-order valence-corrected chi connectivity index (χ3v) is 16.3. The summed E-state index contributed by atoms with van der Waals surface area (Å²) in [5.74, 6) is -0.489. The van der Waals surface area contributed by atoms with E-state index >= 15 is 0 Å². The van der Waals surface area contributed by atoms with E-state index in [1.54, 1.807) is 0 Å². The number of unbranched alkanes of at least 4 members (excludes halogenated alkanes) is 42. The van der Waals surface area contributed by atoms with E-state index in [9.17, 15) is 19.0 Å². The Morgan fingerprint density at radius 3 is 1.18 bits per heavy atom. The summed E-state index contributed by atoms with van der Waals surface area (Å²) in [6, 6.07) is -0.846. The van der Waals surface area contributed by atoms with E-state index in [1.165, 1.54) is 238 Å².